The standard InChI is InChI=1S/C17H17FN4S/c1-11-8-12(2)10-16(9-11)22-17(19-20-21-22)23-13(3)14-4-6-15(18)7-5-14/h4-10,13H,1-3H3. The van der Waals surface area contributed by atoms with E-state index in [4.69, 9.17) is 0 Å². The molecular formula is C17H17FN4S. The van der Waals surface area contributed by atoms with Crippen LogP contribution in [-0.4, -0.2) is 20.2 Å². The molecule has 0 bridgehead atoms. The number of aryl methyl sites for hydroxylation is 2. The van der Waals surface area contributed by atoms with Crippen LogP contribution in [0, 0.1) is 19.7 Å². The first-order valence-corrected chi connectivity index (χ1v) is 8.20. The van der Waals surface area contributed by atoms with Gasteiger partial charge in [-0.15, -0.1) is 5.10 Å². The quantitative estimate of drug-likeness (QED) is 0.671. The summed E-state index contributed by atoms with van der Waals surface area (Å²) in [6.45, 7) is 6.15. The molecule has 1 unspecified atom stereocenters. The van der Waals surface area contributed by atoms with Gasteiger partial charge in [-0.2, -0.15) is 4.68 Å². The molecular weight excluding hydrogens is 311 g/mol. The third-order valence-corrected chi connectivity index (χ3v) is 4.60. The van der Waals surface area contributed by atoms with E-state index in [1.807, 2.05) is 0 Å². The lowest BCUT2D eigenvalue weighted by atomic mass is 10.1. The highest BCUT2D eigenvalue weighted by Gasteiger charge is 2.15. The SMILES string of the molecule is Cc1cc(C)cc(-n2nnnc2SC(C)c2ccc(F)cc2)c1. The van der Waals surface area contributed by atoms with Crippen LogP contribution in [0.25, 0.3) is 5.69 Å². The van der Waals surface area contributed by atoms with Crippen molar-refractivity contribution in [1.82, 2.24) is 20.2 Å². The Balaban J connectivity index is 1.87. The highest BCUT2D eigenvalue weighted by atomic mass is 32.2. The van der Waals surface area contributed by atoms with Crippen LogP contribution >= 0.6 is 11.8 Å². The number of thioether (sulfide) groups is 1. The zero-order chi connectivity index (χ0) is 16.4. The van der Waals surface area contributed by atoms with Gasteiger partial charge in [0.05, 0.1) is 5.69 Å². The molecule has 4 nitrogen and oxygen atoms in total. The molecule has 0 N–H and O–H groups in total. The van der Waals surface area contributed by atoms with Crippen LogP contribution < -0.4 is 0 Å². The Morgan fingerprint density at radius 3 is 2.35 bits per heavy atom. The van der Waals surface area contributed by atoms with Crippen molar-refractivity contribution in [3.05, 3.63) is 65.0 Å². The van der Waals surface area contributed by atoms with Crippen molar-refractivity contribution in [3.63, 3.8) is 0 Å². The normalized spacial score (nSPS) is 12.3. The molecule has 1 aromatic heterocycles. The van der Waals surface area contributed by atoms with Crippen LogP contribution in [-0.2, 0) is 0 Å². The Morgan fingerprint density at radius 1 is 1.04 bits per heavy atom. The van der Waals surface area contributed by atoms with Crippen molar-refractivity contribution < 1.29 is 4.39 Å². The number of aromatic nitrogens is 4. The third-order valence-electron chi connectivity index (χ3n) is 3.51. The van der Waals surface area contributed by atoms with Gasteiger partial charge in [0.1, 0.15) is 5.82 Å². The van der Waals surface area contributed by atoms with Crippen molar-refractivity contribution in [2.75, 3.05) is 0 Å². The van der Waals surface area contributed by atoms with E-state index in [0.717, 1.165) is 22.4 Å². The molecule has 2 aromatic carbocycles. The number of hydrogen-bond acceptors (Lipinski definition) is 4. The number of hydrogen-bond donors (Lipinski definition) is 0. The molecule has 1 heterocycles. The van der Waals surface area contributed by atoms with E-state index >= 15 is 0 Å². The van der Waals surface area contributed by atoms with Gasteiger partial charge >= 0.3 is 0 Å². The molecule has 3 aromatic rings. The minimum atomic E-state index is -0.231. The molecule has 3 rings (SSSR count). The summed E-state index contributed by atoms with van der Waals surface area (Å²) in [5.74, 6) is -0.231. The maximum Gasteiger partial charge on any atom is 0.214 e. The van der Waals surface area contributed by atoms with Gasteiger partial charge in [0, 0.05) is 5.25 Å². The van der Waals surface area contributed by atoms with E-state index in [1.165, 1.54) is 12.1 Å². The zero-order valence-electron chi connectivity index (χ0n) is 13.2. The number of nitrogens with zero attached hydrogens (tertiary/aromatic N) is 4. The molecule has 0 fully saturated rings. The van der Waals surface area contributed by atoms with E-state index in [0.29, 0.717) is 5.16 Å². The molecule has 1 atom stereocenters. The van der Waals surface area contributed by atoms with Gasteiger partial charge in [-0.3, -0.25) is 0 Å². The largest absolute Gasteiger partial charge is 0.214 e. The number of halogens is 1. The summed E-state index contributed by atoms with van der Waals surface area (Å²) < 4.78 is 14.8. The van der Waals surface area contributed by atoms with Crippen molar-refractivity contribution in [2.24, 2.45) is 0 Å². The number of benzene rings is 2. The second-order valence-corrected chi connectivity index (χ2v) is 6.84. The molecule has 23 heavy (non-hydrogen) atoms. The highest BCUT2D eigenvalue weighted by molar-refractivity contribution is 7.99. The molecule has 6 heteroatoms. The van der Waals surface area contributed by atoms with Crippen LogP contribution in [0.5, 0.6) is 0 Å². The van der Waals surface area contributed by atoms with E-state index in [9.17, 15) is 4.39 Å². The molecule has 0 amide bonds. The number of rotatable bonds is 4. The predicted molar refractivity (Wildman–Crippen MR) is 89.3 cm³/mol. The fourth-order valence-corrected chi connectivity index (χ4v) is 3.38. The van der Waals surface area contributed by atoms with Crippen molar-refractivity contribution in [3.8, 4) is 5.69 Å². The molecule has 0 saturated heterocycles. The summed E-state index contributed by atoms with van der Waals surface area (Å²) in [5, 5.41) is 12.9. The van der Waals surface area contributed by atoms with Crippen LogP contribution in [0.15, 0.2) is 47.6 Å². The van der Waals surface area contributed by atoms with Crippen LogP contribution in [0.4, 0.5) is 4.39 Å². The summed E-state index contributed by atoms with van der Waals surface area (Å²) in [4.78, 5) is 0. The minimum absolute atomic E-state index is 0.117. The molecule has 0 spiro atoms. The van der Waals surface area contributed by atoms with Crippen LogP contribution in [0.1, 0.15) is 28.9 Å². The molecule has 118 valence electrons. The summed E-state index contributed by atoms with van der Waals surface area (Å²) in [5.41, 5.74) is 4.31. The monoisotopic (exact) mass is 328 g/mol. The van der Waals surface area contributed by atoms with Gasteiger partial charge in [0.2, 0.25) is 5.16 Å². The van der Waals surface area contributed by atoms with E-state index in [1.54, 1.807) is 28.6 Å². The fourth-order valence-electron chi connectivity index (χ4n) is 2.45. The molecule has 0 radical (unpaired) electrons. The molecule has 0 aliphatic heterocycles. The summed E-state index contributed by atoms with van der Waals surface area (Å²) in [7, 11) is 0. The van der Waals surface area contributed by atoms with Crippen molar-refractivity contribution in [1.29, 1.82) is 0 Å². The first-order valence-electron chi connectivity index (χ1n) is 7.32. The van der Waals surface area contributed by atoms with Crippen LogP contribution in [0.2, 0.25) is 0 Å². The molecule has 0 aliphatic rings. The smallest absolute Gasteiger partial charge is 0.207 e. The third kappa shape index (κ3) is 3.59. The van der Waals surface area contributed by atoms with E-state index in [2.05, 4.69) is 54.5 Å². The van der Waals surface area contributed by atoms with Crippen molar-refractivity contribution in [2.45, 2.75) is 31.2 Å². The van der Waals surface area contributed by atoms with Gasteiger partial charge in [-0.05, 0) is 72.2 Å². The van der Waals surface area contributed by atoms with Crippen LogP contribution in [0.3, 0.4) is 0 Å². The molecule has 0 aliphatic carbocycles. The fraction of sp³-hybridized carbons (Fsp3) is 0.235. The Labute approximate surface area is 138 Å². The summed E-state index contributed by atoms with van der Waals surface area (Å²) in [6.07, 6.45) is 0. The highest BCUT2D eigenvalue weighted by Crippen LogP contribution is 2.34. The average molecular weight is 328 g/mol. The average Bonchev–Trinajstić information content (AvgIpc) is 2.95. The van der Waals surface area contributed by atoms with Gasteiger partial charge in [-0.1, -0.05) is 30.0 Å². The lowest BCUT2D eigenvalue weighted by Gasteiger charge is -2.12. The summed E-state index contributed by atoms with van der Waals surface area (Å²) in [6, 6.07) is 12.7. The van der Waals surface area contributed by atoms with Gasteiger partial charge in [-0.25, -0.2) is 4.39 Å². The lowest BCUT2D eigenvalue weighted by molar-refractivity contribution is 0.627. The maximum absolute atomic E-state index is 13.0. The second-order valence-electron chi connectivity index (χ2n) is 5.53. The topological polar surface area (TPSA) is 43.6 Å². The van der Waals surface area contributed by atoms with E-state index < -0.39 is 0 Å². The first-order chi connectivity index (χ1) is 11.0. The maximum atomic E-state index is 13.0. The van der Waals surface area contributed by atoms with Gasteiger partial charge in [0.25, 0.3) is 0 Å². The zero-order valence-corrected chi connectivity index (χ0v) is 14.0. The Bertz CT molecular complexity index is 793. The van der Waals surface area contributed by atoms with Gasteiger partial charge in [0.15, 0.2) is 0 Å². The van der Waals surface area contributed by atoms with E-state index in [-0.39, 0.29) is 11.1 Å². The second kappa shape index (κ2) is 6.50. The number of tetrazole rings is 1. The summed E-state index contributed by atoms with van der Waals surface area (Å²) >= 11 is 1.55. The Morgan fingerprint density at radius 2 is 1.70 bits per heavy atom. The minimum Gasteiger partial charge on any atom is -0.207 e. The van der Waals surface area contributed by atoms with Gasteiger partial charge < -0.3 is 0 Å². The lowest BCUT2D eigenvalue weighted by Crippen LogP contribution is -2.01. The molecule has 0 saturated carbocycles. The first kappa shape index (κ1) is 15.7. The Hall–Kier alpha value is -2.21. The van der Waals surface area contributed by atoms with Crippen molar-refractivity contribution >= 4 is 11.8 Å². The predicted octanol–water partition coefficient (Wildman–Crippen LogP) is 4.27. The Kier molecular flexibility index (Phi) is 4.43.